The topological polar surface area (TPSA) is 174 Å². The van der Waals surface area contributed by atoms with Crippen molar-refractivity contribution in [3.05, 3.63) is 85.5 Å². The van der Waals surface area contributed by atoms with Crippen molar-refractivity contribution in [1.82, 2.24) is 19.9 Å². The number of para-hydroxylation sites is 1. The lowest BCUT2D eigenvalue weighted by molar-refractivity contribution is 0.0254. The molecular formula is C30H38N10O4. The van der Waals surface area contributed by atoms with Crippen LogP contribution in [0.25, 0.3) is 20.9 Å². The van der Waals surface area contributed by atoms with Crippen molar-refractivity contribution < 1.29 is 19.1 Å². The van der Waals surface area contributed by atoms with Crippen molar-refractivity contribution in [2.45, 2.75) is 96.6 Å². The summed E-state index contributed by atoms with van der Waals surface area (Å²) in [5, 5.41) is 8.69. The quantitative estimate of drug-likeness (QED) is 0.186. The Kier molecular flexibility index (Phi) is 9.05. The van der Waals surface area contributed by atoms with Gasteiger partial charge in [-0.3, -0.25) is 4.79 Å². The summed E-state index contributed by atoms with van der Waals surface area (Å²) in [6.07, 6.45) is 5.55. The van der Waals surface area contributed by atoms with Gasteiger partial charge in [-0.2, -0.15) is 0 Å². The maximum absolute atomic E-state index is 14.3. The summed E-state index contributed by atoms with van der Waals surface area (Å²) in [7, 11) is 0. The zero-order valence-corrected chi connectivity index (χ0v) is 25.5. The molecule has 2 fully saturated rings. The van der Waals surface area contributed by atoms with Crippen LogP contribution in [-0.2, 0) is 17.8 Å². The summed E-state index contributed by atoms with van der Waals surface area (Å²) < 4.78 is 13.2. The molecule has 1 N–H and O–H groups in total. The molecule has 232 valence electrons. The van der Waals surface area contributed by atoms with Crippen LogP contribution in [0.3, 0.4) is 0 Å². The second kappa shape index (κ2) is 12.9. The third kappa shape index (κ3) is 6.94. The first kappa shape index (κ1) is 30.8. The van der Waals surface area contributed by atoms with Gasteiger partial charge in [0.05, 0.1) is 18.7 Å². The van der Waals surface area contributed by atoms with Crippen molar-refractivity contribution in [3.63, 3.8) is 0 Å². The van der Waals surface area contributed by atoms with Gasteiger partial charge >= 0.3 is 6.09 Å². The molecule has 2 aliphatic carbocycles. The molecule has 2 aromatic rings. The number of carbonyl (C=O) groups is 2. The van der Waals surface area contributed by atoms with Gasteiger partial charge in [0, 0.05) is 51.1 Å². The minimum Gasteiger partial charge on any atom is -0.487 e. The highest BCUT2D eigenvalue weighted by atomic mass is 16.6. The Morgan fingerprint density at radius 1 is 1.09 bits per heavy atom. The molecule has 2 saturated carbocycles. The van der Waals surface area contributed by atoms with Crippen LogP contribution in [0, 0.1) is 6.92 Å². The number of ether oxygens (including phenoxy) is 2. The standard InChI is InChI=1S/C30H38N10O4/c1-19-25(14-24(15-33-36-31)38(19)16-20-7-5-6-8-27(20)43-18-34-37-32)28(41)40(22-9-10-22)23-11-12-26-21(13-23)17-39(35-26)29(42)44-30(2,3)4/h5-8,14,17,22-23,26,35H,9-13,15-16,18H2,1-4H3. The largest absolute Gasteiger partial charge is 0.487 e. The molecule has 0 bridgehead atoms. The Bertz CT molecular complexity index is 1540. The Morgan fingerprint density at radius 2 is 1.82 bits per heavy atom. The van der Waals surface area contributed by atoms with E-state index in [1.54, 1.807) is 6.07 Å². The summed E-state index contributed by atoms with van der Waals surface area (Å²) in [5.41, 5.74) is 24.3. The van der Waals surface area contributed by atoms with Crippen LogP contribution in [0.4, 0.5) is 4.79 Å². The average molecular weight is 603 g/mol. The lowest BCUT2D eigenvalue weighted by Crippen LogP contribution is -2.48. The van der Waals surface area contributed by atoms with Gasteiger partial charge in [-0.15, -0.1) is 0 Å². The third-order valence-electron chi connectivity index (χ3n) is 8.08. The van der Waals surface area contributed by atoms with Gasteiger partial charge in [-0.1, -0.05) is 28.4 Å². The predicted octanol–water partition coefficient (Wildman–Crippen LogP) is 6.47. The fourth-order valence-corrected chi connectivity index (χ4v) is 5.95. The van der Waals surface area contributed by atoms with Gasteiger partial charge in [0.15, 0.2) is 6.73 Å². The van der Waals surface area contributed by atoms with E-state index in [1.165, 1.54) is 5.01 Å². The lowest BCUT2D eigenvalue weighted by Gasteiger charge is -2.37. The van der Waals surface area contributed by atoms with Gasteiger partial charge in [-0.25, -0.2) is 15.2 Å². The van der Waals surface area contributed by atoms with Crippen LogP contribution >= 0.6 is 0 Å². The van der Waals surface area contributed by atoms with E-state index in [4.69, 9.17) is 20.5 Å². The van der Waals surface area contributed by atoms with Gasteiger partial charge in [-0.05, 0) is 88.6 Å². The second-order valence-electron chi connectivity index (χ2n) is 12.3. The maximum atomic E-state index is 14.3. The SMILES string of the molecule is Cc1c(C(=O)N(C2CC2)C2CCC3NN(C(=O)OC(C)(C)C)C=C3C2)cc(CN=[N+]=[N-])n1Cc1ccccc1OCN=[N+]=[N-]. The first-order chi connectivity index (χ1) is 21.1. The van der Waals surface area contributed by atoms with Crippen LogP contribution in [-0.4, -0.2) is 56.9 Å². The zero-order valence-electron chi connectivity index (χ0n) is 25.5. The second-order valence-corrected chi connectivity index (χ2v) is 12.3. The van der Waals surface area contributed by atoms with Gasteiger partial charge in [0.1, 0.15) is 11.4 Å². The minimum atomic E-state index is -0.602. The Morgan fingerprint density at radius 3 is 2.52 bits per heavy atom. The number of hydrogen-bond acceptors (Lipinski definition) is 7. The van der Waals surface area contributed by atoms with E-state index in [2.05, 4.69) is 25.5 Å². The summed E-state index contributed by atoms with van der Waals surface area (Å²) in [4.78, 5) is 34.7. The number of amides is 2. The average Bonchev–Trinajstić information content (AvgIpc) is 3.64. The van der Waals surface area contributed by atoms with E-state index < -0.39 is 11.7 Å². The van der Waals surface area contributed by atoms with Gasteiger partial charge in [0.2, 0.25) is 0 Å². The molecule has 14 heteroatoms. The normalized spacial score (nSPS) is 19.3. The van der Waals surface area contributed by atoms with Crippen molar-refractivity contribution in [2.24, 2.45) is 10.2 Å². The molecule has 2 unspecified atom stereocenters. The molecule has 1 aliphatic heterocycles. The highest BCUT2D eigenvalue weighted by Gasteiger charge is 2.43. The van der Waals surface area contributed by atoms with Crippen molar-refractivity contribution in [2.75, 3.05) is 6.73 Å². The van der Waals surface area contributed by atoms with Crippen molar-refractivity contribution in [3.8, 4) is 5.75 Å². The Balaban J connectivity index is 1.39. The van der Waals surface area contributed by atoms with E-state index >= 15 is 0 Å². The Hall–Kier alpha value is -4.64. The summed E-state index contributed by atoms with van der Waals surface area (Å²) in [5.74, 6) is 0.517. The zero-order chi connectivity index (χ0) is 31.4. The monoisotopic (exact) mass is 602 g/mol. The molecule has 0 spiro atoms. The molecule has 2 heterocycles. The number of carbonyl (C=O) groups excluding carboxylic acids is 2. The third-order valence-corrected chi connectivity index (χ3v) is 8.08. The number of fused-ring (bicyclic) bond motifs is 1. The molecule has 2 amide bonds. The Labute approximate surface area is 255 Å². The minimum absolute atomic E-state index is 0.00368. The van der Waals surface area contributed by atoms with Gasteiger partial charge < -0.3 is 18.9 Å². The molecule has 0 radical (unpaired) electrons. The number of nitrogens with one attached hydrogen (secondary N) is 1. The molecule has 2 atom stereocenters. The number of aromatic nitrogens is 1. The van der Waals surface area contributed by atoms with E-state index in [9.17, 15) is 9.59 Å². The van der Waals surface area contributed by atoms with E-state index in [1.807, 2.05) is 67.6 Å². The molecule has 0 saturated heterocycles. The van der Waals surface area contributed by atoms with Crippen LogP contribution in [0.2, 0.25) is 0 Å². The number of rotatable bonds is 10. The fraction of sp³-hybridized carbons (Fsp3) is 0.533. The molecular weight excluding hydrogens is 564 g/mol. The molecule has 1 aromatic heterocycles. The number of hydrazine groups is 1. The van der Waals surface area contributed by atoms with Crippen molar-refractivity contribution >= 4 is 12.0 Å². The molecule has 3 aliphatic rings. The summed E-state index contributed by atoms with van der Waals surface area (Å²) in [6.45, 7) is 7.72. The maximum Gasteiger partial charge on any atom is 0.429 e. The van der Waals surface area contributed by atoms with E-state index in [-0.39, 0.29) is 37.3 Å². The van der Waals surface area contributed by atoms with Crippen LogP contribution < -0.4 is 10.2 Å². The van der Waals surface area contributed by atoms with E-state index in [0.29, 0.717) is 30.0 Å². The number of azide groups is 2. The predicted molar refractivity (Wildman–Crippen MR) is 162 cm³/mol. The lowest BCUT2D eigenvalue weighted by atomic mass is 9.86. The van der Waals surface area contributed by atoms with Crippen LogP contribution in [0.15, 0.2) is 52.3 Å². The summed E-state index contributed by atoms with van der Waals surface area (Å²) in [6, 6.07) is 9.44. The van der Waals surface area contributed by atoms with E-state index in [0.717, 1.165) is 42.5 Å². The molecule has 5 rings (SSSR count). The first-order valence-corrected chi connectivity index (χ1v) is 14.8. The first-order valence-electron chi connectivity index (χ1n) is 14.8. The fourth-order valence-electron chi connectivity index (χ4n) is 5.95. The highest BCUT2D eigenvalue weighted by Crippen LogP contribution is 2.39. The van der Waals surface area contributed by atoms with Crippen LogP contribution in [0.1, 0.15) is 80.2 Å². The molecule has 1 aromatic carbocycles. The number of hydrogen-bond donors (Lipinski definition) is 1. The van der Waals surface area contributed by atoms with Crippen LogP contribution in [0.5, 0.6) is 5.75 Å². The number of nitrogens with zero attached hydrogens (tertiary/aromatic N) is 9. The highest BCUT2D eigenvalue weighted by molar-refractivity contribution is 5.96. The number of benzene rings is 1. The smallest absolute Gasteiger partial charge is 0.429 e. The summed E-state index contributed by atoms with van der Waals surface area (Å²) >= 11 is 0. The molecule has 44 heavy (non-hydrogen) atoms. The van der Waals surface area contributed by atoms with Gasteiger partial charge in [0.25, 0.3) is 5.91 Å². The van der Waals surface area contributed by atoms with Crippen molar-refractivity contribution in [1.29, 1.82) is 0 Å². The molecule has 14 nitrogen and oxygen atoms in total.